The topological polar surface area (TPSA) is 32.3 Å². The van der Waals surface area contributed by atoms with Crippen LogP contribution in [0.15, 0.2) is 18.2 Å². The number of rotatable bonds is 5. The maximum Gasteiger partial charge on any atom is 0.127 e. The van der Waals surface area contributed by atoms with Crippen LogP contribution in [0.2, 0.25) is 0 Å². The Balaban J connectivity index is 1.88. The monoisotopic (exact) mass is 283 g/mol. The van der Waals surface area contributed by atoms with E-state index in [1.165, 1.54) is 38.2 Å². The van der Waals surface area contributed by atoms with E-state index in [0.29, 0.717) is 11.3 Å². The molecule has 0 unspecified atom stereocenters. The largest absolute Gasteiger partial charge is 0.508 e. The highest BCUT2D eigenvalue weighted by Gasteiger charge is 2.30. The first kappa shape index (κ1) is 14.7. The quantitative estimate of drug-likeness (QED) is 0.864. The van der Waals surface area contributed by atoms with Crippen molar-refractivity contribution in [3.8, 4) is 5.75 Å². The van der Waals surface area contributed by atoms with Gasteiger partial charge >= 0.3 is 0 Å². The number of hydrogen-bond acceptors (Lipinski definition) is 3. The zero-order valence-electron chi connectivity index (χ0n) is 11.4. The molecule has 1 aliphatic rings. The highest BCUT2D eigenvalue weighted by atomic mass is 32.2. The van der Waals surface area contributed by atoms with E-state index >= 15 is 0 Å². The van der Waals surface area contributed by atoms with E-state index in [4.69, 9.17) is 0 Å². The average molecular weight is 283 g/mol. The van der Waals surface area contributed by atoms with Gasteiger partial charge in [-0.1, -0.05) is 19.3 Å². The van der Waals surface area contributed by atoms with Crippen molar-refractivity contribution >= 4 is 11.8 Å². The Bertz CT molecular complexity index is 398. The van der Waals surface area contributed by atoms with Crippen molar-refractivity contribution in [2.75, 3.05) is 12.8 Å². The summed E-state index contributed by atoms with van der Waals surface area (Å²) in [7, 11) is 0. The Labute approximate surface area is 118 Å². The summed E-state index contributed by atoms with van der Waals surface area (Å²) in [5, 5.41) is 12.8. The van der Waals surface area contributed by atoms with Crippen LogP contribution in [-0.4, -0.2) is 22.7 Å². The fourth-order valence-electron chi connectivity index (χ4n) is 2.82. The Morgan fingerprint density at radius 3 is 2.63 bits per heavy atom. The molecule has 1 aliphatic carbocycles. The van der Waals surface area contributed by atoms with E-state index in [2.05, 4.69) is 11.6 Å². The summed E-state index contributed by atoms with van der Waals surface area (Å²) in [5.74, 6) is -0.386. The molecule has 2 nitrogen and oxygen atoms in total. The number of phenolic OH excluding ortho intramolecular Hbond substituents is 1. The fraction of sp³-hybridized carbons (Fsp3) is 0.600. The molecule has 4 heteroatoms. The summed E-state index contributed by atoms with van der Waals surface area (Å²) < 4.78 is 13.5. The maximum absolute atomic E-state index is 13.2. The van der Waals surface area contributed by atoms with Gasteiger partial charge in [-0.05, 0) is 36.8 Å². The van der Waals surface area contributed by atoms with Crippen LogP contribution < -0.4 is 5.32 Å². The fourth-order valence-corrected chi connectivity index (χ4v) is 3.76. The summed E-state index contributed by atoms with van der Waals surface area (Å²) in [4.78, 5) is 0. The first-order chi connectivity index (χ1) is 9.13. The van der Waals surface area contributed by atoms with Crippen LogP contribution in [-0.2, 0) is 6.54 Å². The predicted octanol–water partition coefficient (Wildman–Crippen LogP) is 3.69. The second-order valence-corrected chi connectivity index (χ2v) is 6.64. The minimum Gasteiger partial charge on any atom is -0.508 e. The first-order valence-corrected chi connectivity index (χ1v) is 8.10. The van der Waals surface area contributed by atoms with Gasteiger partial charge < -0.3 is 10.4 Å². The molecular formula is C15H22FNOS. The van der Waals surface area contributed by atoms with Gasteiger partial charge in [0.25, 0.3) is 0 Å². The molecule has 0 aliphatic heterocycles. The third-order valence-corrected chi connectivity index (χ3v) is 5.34. The van der Waals surface area contributed by atoms with Crippen LogP contribution in [0, 0.1) is 5.82 Å². The maximum atomic E-state index is 13.2. The molecule has 2 rings (SSSR count). The normalized spacial score (nSPS) is 18.4. The molecule has 0 saturated heterocycles. The molecule has 1 fully saturated rings. The lowest BCUT2D eigenvalue weighted by molar-refractivity contribution is 0.379. The molecule has 0 heterocycles. The number of thioether (sulfide) groups is 1. The van der Waals surface area contributed by atoms with Crippen molar-refractivity contribution < 1.29 is 9.50 Å². The van der Waals surface area contributed by atoms with Crippen LogP contribution in [0.3, 0.4) is 0 Å². The molecule has 0 spiro atoms. The van der Waals surface area contributed by atoms with Gasteiger partial charge in [-0.3, -0.25) is 0 Å². The Hall–Kier alpha value is -0.740. The Morgan fingerprint density at radius 1 is 1.26 bits per heavy atom. The van der Waals surface area contributed by atoms with Crippen molar-refractivity contribution in [1.82, 2.24) is 5.32 Å². The van der Waals surface area contributed by atoms with Gasteiger partial charge in [0.05, 0.1) is 0 Å². The van der Waals surface area contributed by atoms with Gasteiger partial charge in [0.15, 0.2) is 0 Å². The van der Waals surface area contributed by atoms with E-state index in [1.54, 1.807) is 6.07 Å². The van der Waals surface area contributed by atoms with E-state index < -0.39 is 0 Å². The Kier molecular flexibility index (Phi) is 5.11. The summed E-state index contributed by atoms with van der Waals surface area (Å²) in [6.45, 7) is 1.55. The second kappa shape index (κ2) is 6.62. The summed E-state index contributed by atoms with van der Waals surface area (Å²) in [6.07, 6.45) is 8.67. The van der Waals surface area contributed by atoms with Crippen molar-refractivity contribution in [2.24, 2.45) is 0 Å². The van der Waals surface area contributed by atoms with Crippen LogP contribution in [0.1, 0.15) is 37.7 Å². The number of aromatic hydroxyl groups is 1. The van der Waals surface area contributed by atoms with Gasteiger partial charge in [-0.25, -0.2) is 4.39 Å². The molecule has 106 valence electrons. The number of benzene rings is 1. The molecule has 0 atom stereocenters. The van der Waals surface area contributed by atoms with Gasteiger partial charge in [-0.15, -0.1) is 0 Å². The zero-order chi connectivity index (χ0) is 13.7. The zero-order valence-corrected chi connectivity index (χ0v) is 12.2. The minimum atomic E-state index is -0.381. The molecule has 0 aromatic heterocycles. The third kappa shape index (κ3) is 4.11. The van der Waals surface area contributed by atoms with Crippen molar-refractivity contribution in [3.05, 3.63) is 29.6 Å². The molecule has 1 saturated carbocycles. The standard InChI is InChI=1S/C15H22FNOS/c1-19-15(5-3-2-4-6-15)11-17-10-12-7-13(16)9-14(18)8-12/h7-9,17-18H,2-6,10-11H2,1H3. The molecule has 0 amide bonds. The average Bonchev–Trinajstić information content (AvgIpc) is 2.39. The van der Waals surface area contributed by atoms with E-state index in [9.17, 15) is 9.50 Å². The van der Waals surface area contributed by atoms with Crippen molar-refractivity contribution in [3.63, 3.8) is 0 Å². The molecular weight excluding hydrogens is 261 g/mol. The summed E-state index contributed by atoms with van der Waals surface area (Å²) in [5.41, 5.74) is 0.796. The molecule has 19 heavy (non-hydrogen) atoms. The second-order valence-electron chi connectivity index (χ2n) is 5.37. The minimum absolute atomic E-state index is 0.00551. The number of nitrogens with one attached hydrogen (secondary N) is 1. The highest BCUT2D eigenvalue weighted by Crippen LogP contribution is 2.38. The van der Waals surface area contributed by atoms with Gasteiger partial charge in [-0.2, -0.15) is 11.8 Å². The lowest BCUT2D eigenvalue weighted by Crippen LogP contribution is -2.39. The first-order valence-electron chi connectivity index (χ1n) is 6.88. The number of halogens is 1. The molecule has 2 N–H and O–H groups in total. The Morgan fingerprint density at radius 2 is 2.00 bits per heavy atom. The molecule has 0 bridgehead atoms. The van der Waals surface area contributed by atoms with Crippen molar-refractivity contribution in [1.29, 1.82) is 0 Å². The third-order valence-electron chi connectivity index (χ3n) is 3.92. The van der Waals surface area contributed by atoms with Gasteiger partial charge in [0.1, 0.15) is 11.6 Å². The van der Waals surface area contributed by atoms with E-state index in [-0.39, 0.29) is 11.6 Å². The number of phenols is 1. The summed E-state index contributed by atoms with van der Waals surface area (Å²) in [6, 6.07) is 4.22. The summed E-state index contributed by atoms with van der Waals surface area (Å²) >= 11 is 1.95. The molecule has 1 aromatic rings. The van der Waals surface area contributed by atoms with Crippen LogP contribution >= 0.6 is 11.8 Å². The van der Waals surface area contributed by atoms with Crippen LogP contribution in [0.4, 0.5) is 4.39 Å². The van der Waals surface area contributed by atoms with Crippen LogP contribution in [0.25, 0.3) is 0 Å². The van der Waals surface area contributed by atoms with E-state index in [0.717, 1.165) is 18.2 Å². The van der Waals surface area contributed by atoms with Gasteiger partial charge in [0, 0.05) is 23.9 Å². The van der Waals surface area contributed by atoms with Crippen molar-refractivity contribution in [2.45, 2.75) is 43.4 Å². The van der Waals surface area contributed by atoms with E-state index in [1.807, 2.05) is 11.8 Å². The SMILES string of the molecule is CSC1(CNCc2cc(O)cc(F)c2)CCCCC1. The number of hydrogen-bond donors (Lipinski definition) is 2. The highest BCUT2D eigenvalue weighted by molar-refractivity contribution is 8.00. The smallest absolute Gasteiger partial charge is 0.127 e. The molecule has 1 aromatic carbocycles. The lowest BCUT2D eigenvalue weighted by Gasteiger charge is -2.36. The molecule has 0 radical (unpaired) electrons. The predicted molar refractivity (Wildman–Crippen MR) is 79.1 cm³/mol. The lowest BCUT2D eigenvalue weighted by atomic mass is 9.88. The van der Waals surface area contributed by atoms with Gasteiger partial charge in [0.2, 0.25) is 0 Å². The van der Waals surface area contributed by atoms with Crippen LogP contribution in [0.5, 0.6) is 5.75 Å².